The number of benzene rings is 2. The lowest BCUT2D eigenvalue weighted by molar-refractivity contribution is -0.157. The summed E-state index contributed by atoms with van der Waals surface area (Å²) >= 11 is 0. The highest BCUT2D eigenvalue weighted by molar-refractivity contribution is 6.33. The van der Waals surface area contributed by atoms with Gasteiger partial charge in [-0.1, -0.05) is 60.7 Å². The first-order chi connectivity index (χ1) is 11.8. The van der Waals surface area contributed by atoms with Gasteiger partial charge in [0.1, 0.15) is 0 Å². The lowest BCUT2D eigenvalue weighted by atomic mass is 9.75. The number of ether oxygens (including phenoxy) is 1. The molecule has 1 heterocycles. The number of carbonyl (C=O) groups excluding carboxylic acids is 4. The van der Waals surface area contributed by atoms with Gasteiger partial charge in [0.25, 0.3) is 11.2 Å². The van der Waals surface area contributed by atoms with Crippen molar-refractivity contribution in [3.05, 3.63) is 71.8 Å². The van der Waals surface area contributed by atoms with E-state index < -0.39 is 34.7 Å². The van der Waals surface area contributed by atoms with Gasteiger partial charge in [-0.15, -0.1) is 0 Å². The molecule has 0 aliphatic carbocycles. The number of Topliss-reactive ketones (excluding diaryl/α,β-unsaturated/α-hetero) is 2. The van der Waals surface area contributed by atoms with Gasteiger partial charge in [-0.25, -0.2) is 9.59 Å². The fourth-order valence-corrected chi connectivity index (χ4v) is 2.64. The van der Waals surface area contributed by atoms with Crippen LogP contribution >= 0.6 is 0 Å². The second-order valence-corrected chi connectivity index (χ2v) is 5.49. The van der Waals surface area contributed by atoms with Crippen LogP contribution in [0.4, 0.5) is 0 Å². The van der Waals surface area contributed by atoms with Crippen LogP contribution in [0.15, 0.2) is 60.7 Å². The van der Waals surface area contributed by atoms with Gasteiger partial charge in [0.2, 0.25) is 11.6 Å². The summed E-state index contributed by atoms with van der Waals surface area (Å²) in [7, 11) is 0. The molecule has 2 atom stereocenters. The van der Waals surface area contributed by atoms with Gasteiger partial charge in [0.05, 0.1) is 0 Å². The predicted molar refractivity (Wildman–Crippen MR) is 82.5 cm³/mol. The van der Waals surface area contributed by atoms with Gasteiger partial charge in [0, 0.05) is 11.1 Å². The summed E-state index contributed by atoms with van der Waals surface area (Å²) < 4.78 is 4.26. The molecule has 1 fully saturated rings. The molecule has 0 bridgehead atoms. The zero-order valence-electron chi connectivity index (χ0n) is 12.7. The molecule has 25 heavy (non-hydrogen) atoms. The van der Waals surface area contributed by atoms with E-state index >= 15 is 0 Å². The SMILES string of the molecule is O=C1OC(=O)C(O)(C(=O)c2ccccc2)C1(O)C(=O)c1ccccc1. The molecule has 2 N–H and O–H groups in total. The Hall–Kier alpha value is -3.16. The molecule has 7 heteroatoms. The minimum atomic E-state index is -3.38. The molecular formula is C18H12O7. The van der Waals surface area contributed by atoms with Crippen molar-refractivity contribution in [3.8, 4) is 0 Å². The maximum atomic E-state index is 12.7. The van der Waals surface area contributed by atoms with E-state index in [-0.39, 0.29) is 11.1 Å². The summed E-state index contributed by atoms with van der Waals surface area (Å²) in [6.45, 7) is 0. The summed E-state index contributed by atoms with van der Waals surface area (Å²) in [5.74, 6) is -6.01. The van der Waals surface area contributed by atoms with E-state index in [0.29, 0.717) is 0 Å². The van der Waals surface area contributed by atoms with Crippen molar-refractivity contribution in [2.45, 2.75) is 11.2 Å². The first kappa shape index (κ1) is 16.7. The van der Waals surface area contributed by atoms with Crippen molar-refractivity contribution >= 4 is 23.5 Å². The lowest BCUT2D eigenvalue weighted by Gasteiger charge is -2.28. The number of esters is 2. The predicted octanol–water partition coefficient (Wildman–Crippen LogP) is 0.298. The number of aliphatic hydroxyl groups is 2. The van der Waals surface area contributed by atoms with E-state index in [2.05, 4.69) is 4.74 Å². The minimum Gasteiger partial charge on any atom is -0.388 e. The minimum absolute atomic E-state index is 0.170. The van der Waals surface area contributed by atoms with Gasteiger partial charge < -0.3 is 14.9 Å². The smallest absolute Gasteiger partial charge is 0.358 e. The van der Waals surface area contributed by atoms with Crippen LogP contribution in [-0.2, 0) is 14.3 Å². The molecule has 1 saturated heterocycles. The van der Waals surface area contributed by atoms with Crippen molar-refractivity contribution in [1.29, 1.82) is 0 Å². The van der Waals surface area contributed by atoms with Gasteiger partial charge in [0.15, 0.2) is 0 Å². The largest absolute Gasteiger partial charge is 0.388 e. The Kier molecular flexibility index (Phi) is 3.82. The Morgan fingerprint density at radius 2 is 1.00 bits per heavy atom. The summed E-state index contributed by atoms with van der Waals surface area (Å²) in [5.41, 5.74) is -7.09. The maximum Gasteiger partial charge on any atom is 0.358 e. The number of ketones is 2. The van der Waals surface area contributed by atoms with Crippen LogP contribution in [0.1, 0.15) is 20.7 Å². The Bertz CT molecular complexity index is 801. The number of hydrogen-bond acceptors (Lipinski definition) is 7. The average molecular weight is 340 g/mol. The summed E-state index contributed by atoms with van der Waals surface area (Å²) in [6.07, 6.45) is 0. The third-order valence-electron chi connectivity index (χ3n) is 4.03. The first-order valence-electron chi connectivity index (χ1n) is 7.24. The van der Waals surface area contributed by atoms with Crippen molar-refractivity contribution in [3.63, 3.8) is 0 Å². The molecule has 1 aliphatic heterocycles. The molecule has 2 unspecified atom stereocenters. The Labute approximate surface area is 141 Å². The lowest BCUT2D eigenvalue weighted by Crippen LogP contribution is -2.65. The highest BCUT2D eigenvalue weighted by Gasteiger charge is 2.76. The second kappa shape index (κ2) is 5.73. The van der Waals surface area contributed by atoms with Crippen molar-refractivity contribution in [2.24, 2.45) is 0 Å². The zero-order chi connectivity index (χ0) is 18.2. The molecule has 0 radical (unpaired) electrons. The standard InChI is InChI=1S/C18H12O7/c19-13(11-7-3-1-4-8-11)17(23)15(21)25-16(22)18(17,24)14(20)12-9-5-2-6-10-12/h1-10,23-24H. The van der Waals surface area contributed by atoms with Gasteiger partial charge in [-0.3, -0.25) is 9.59 Å². The molecule has 3 rings (SSSR count). The van der Waals surface area contributed by atoms with Crippen LogP contribution in [-0.4, -0.2) is 44.9 Å². The molecule has 0 spiro atoms. The summed E-state index contributed by atoms with van der Waals surface area (Å²) in [4.78, 5) is 49.4. The molecule has 2 aromatic carbocycles. The van der Waals surface area contributed by atoms with Crippen LogP contribution in [0.5, 0.6) is 0 Å². The second-order valence-electron chi connectivity index (χ2n) is 5.49. The quantitative estimate of drug-likeness (QED) is 0.467. The highest BCUT2D eigenvalue weighted by Crippen LogP contribution is 2.37. The van der Waals surface area contributed by atoms with Crippen molar-refractivity contribution in [2.75, 3.05) is 0 Å². The molecule has 1 aliphatic rings. The molecule has 0 amide bonds. The molecule has 0 saturated carbocycles. The highest BCUT2D eigenvalue weighted by atomic mass is 16.6. The van der Waals surface area contributed by atoms with E-state index in [4.69, 9.17) is 0 Å². The number of hydrogen-bond donors (Lipinski definition) is 2. The Balaban J connectivity index is 2.16. The summed E-state index contributed by atoms with van der Waals surface area (Å²) in [6, 6.07) is 14.1. The van der Waals surface area contributed by atoms with Crippen LogP contribution < -0.4 is 0 Å². The fourth-order valence-electron chi connectivity index (χ4n) is 2.64. The van der Waals surface area contributed by atoms with Crippen LogP contribution in [0.25, 0.3) is 0 Å². The molecule has 2 aromatic rings. The van der Waals surface area contributed by atoms with Crippen LogP contribution in [0.3, 0.4) is 0 Å². The zero-order valence-corrected chi connectivity index (χ0v) is 12.7. The van der Waals surface area contributed by atoms with Gasteiger partial charge in [-0.05, 0) is 0 Å². The van der Waals surface area contributed by atoms with Crippen molar-refractivity contribution in [1.82, 2.24) is 0 Å². The third-order valence-corrected chi connectivity index (χ3v) is 4.03. The fraction of sp³-hybridized carbons (Fsp3) is 0.111. The van der Waals surface area contributed by atoms with E-state index in [1.807, 2.05) is 0 Å². The third kappa shape index (κ3) is 2.21. The van der Waals surface area contributed by atoms with Gasteiger partial charge >= 0.3 is 11.9 Å². The molecule has 126 valence electrons. The molecule has 0 aromatic heterocycles. The van der Waals surface area contributed by atoms with Crippen molar-refractivity contribution < 1.29 is 34.1 Å². The normalized spacial score (nSPS) is 25.5. The topological polar surface area (TPSA) is 118 Å². The number of cyclic esters (lactones) is 2. The summed E-state index contributed by atoms with van der Waals surface area (Å²) in [5, 5.41) is 21.4. The number of carbonyl (C=O) groups is 4. The van der Waals surface area contributed by atoms with Crippen LogP contribution in [0.2, 0.25) is 0 Å². The molecular weight excluding hydrogens is 328 g/mol. The van der Waals surface area contributed by atoms with E-state index in [1.165, 1.54) is 48.5 Å². The first-order valence-corrected chi connectivity index (χ1v) is 7.24. The van der Waals surface area contributed by atoms with E-state index in [0.717, 1.165) is 0 Å². The molecule has 7 nitrogen and oxygen atoms in total. The van der Waals surface area contributed by atoms with E-state index in [1.54, 1.807) is 12.1 Å². The average Bonchev–Trinajstić information content (AvgIpc) is 2.83. The van der Waals surface area contributed by atoms with Crippen LogP contribution in [0, 0.1) is 0 Å². The maximum absolute atomic E-state index is 12.7. The Morgan fingerprint density at radius 1 is 0.680 bits per heavy atom. The van der Waals surface area contributed by atoms with E-state index in [9.17, 15) is 29.4 Å². The number of rotatable bonds is 4. The Morgan fingerprint density at radius 3 is 1.32 bits per heavy atom. The van der Waals surface area contributed by atoms with Gasteiger partial charge in [-0.2, -0.15) is 0 Å². The monoisotopic (exact) mass is 340 g/mol.